The number of amides is 1. The lowest BCUT2D eigenvalue weighted by atomic mass is 10.1. The molecule has 0 aliphatic rings. The lowest BCUT2D eigenvalue weighted by molar-refractivity contribution is -0.121. The Morgan fingerprint density at radius 2 is 1.86 bits per heavy atom. The molecule has 2 rings (SSSR count). The van der Waals surface area contributed by atoms with Gasteiger partial charge < -0.3 is 11.1 Å². The van der Waals surface area contributed by atoms with Gasteiger partial charge in [0.1, 0.15) is 0 Å². The van der Waals surface area contributed by atoms with Crippen LogP contribution in [-0.4, -0.2) is 12.5 Å². The lowest BCUT2D eigenvalue weighted by Crippen LogP contribution is -2.25. The Kier molecular flexibility index (Phi) is 6.97. The van der Waals surface area contributed by atoms with Gasteiger partial charge in [0, 0.05) is 23.5 Å². The number of hydrogen-bond acceptors (Lipinski definition) is 3. The van der Waals surface area contributed by atoms with Crippen molar-refractivity contribution in [1.29, 1.82) is 0 Å². The van der Waals surface area contributed by atoms with Crippen molar-refractivity contribution in [3.05, 3.63) is 52.2 Å². The zero-order valence-corrected chi connectivity index (χ0v) is 13.7. The first-order valence-electron chi connectivity index (χ1n) is 7.87. The molecular formula is C18H24N2OS. The molecule has 1 aromatic heterocycles. The van der Waals surface area contributed by atoms with E-state index in [-0.39, 0.29) is 5.91 Å². The molecule has 0 aliphatic heterocycles. The van der Waals surface area contributed by atoms with Gasteiger partial charge in [-0.3, -0.25) is 4.79 Å². The standard InChI is InChI=1S/C18H24N2OS/c19-16-10-8-15(9-11-16)12-13-20-18(21)7-3-1-2-5-17-6-4-14-22-17/h4,6,8-11,14H,1-3,5,7,12-13,19H2,(H,20,21). The van der Waals surface area contributed by atoms with Gasteiger partial charge in [0.25, 0.3) is 0 Å². The third-order valence-electron chi connectivity index (χ3n) is 3.62. The van der Waals surface area contributed by atoms with Crippen molar-refractivity contribution < 1.29 is 4.79 Å². The van der Waals surface area contributed by atoms with E-state index in [9.17, 15) is 4.79 Å². The summed E-state index contributed by atoms with van der Waals surface area (Å²) in [5.74, 6) is 0.159. The van der Waals surface area contributed by atoms with E-state index in [2.05, 4.69) is 22.8 Å². The minimum absolute atomic E-state index is 0.159. The van der Waals surface area contributed by atoms with Crippen LogP contribution in [0, 0.1) is 0 Å². The number of hydrogen-bond donors (Lipinski definition) is 2. The maximum Gasteiger partial charge on any atom is 0.220 e. The molecule has 0 bridgehead atoms. The van der Waals surface area contributed by atoms with Gasteiger partial charge in [-0.1, -0.05) is 24.6 Å². The molecule has 0 unspecified atom stereocenters. The molecule has 22 heavy (non-hydrogen) atoms. The van der Waals surface area contributed by atoms with Crippen LogP contribution in [0.25, 0.3) is 0 Å². The van der Waals surface area contributed by atoms with E-state index < -0.39 is 0 Å². The van der Waals surface area contributed by atoms with E-state index in [1.54, 1.807) is 0 Å². The average Bonchev–Trinajstić information content (AvgIpc) is 3.02. The number of rotatable bonds is 9. The van der Waals surface area contributed by atoms with Gasteiger partial charge in [-0.15, -0.1) is 11.3 Å². The van der Waals surface area contributed by atoms with E-state index in [0.717, 1.165) is 31.4 Å². The smallest absolute Gasteiger partial charge is 0.220 e. The van der Waals surface area contributed by atoms with Crippen LogP contribution in [0.5, 0.6) is 0 Å². The Morgan fingerprint density at radius 1 is 1.05 bits per heavy atom. The molecular weight excluding hydrogens is 292 g/mol. The molecule has 0 saturated carbocycles. The van der Waals surface area contributed by atoms with Crippen molar-refractivity contribution in [2.45, 2.75) is 38.5 Å². The van der Waals surface area contributed by atoms with Crippen LogP contribution >= 0.6 is 11.3 Å². The number of nitrogens with one attached hydrogen (secondary N) is 1. The molecule has 0 aliphatic carbocycles. The normalized spacial score (nSPS) is 10.5. The van der Waals surface area contributed by atoms with Crippen molar-refractivity contribution >= 4 is 22.9 Å². The van der Waals surface area contributed by atoms with Gasteiger partial charge in [0.05, 0.1) is 0 Å². The number of benzene rings is 1. The van der Waals surface area contributed by atoms with E-state index in [1.807, 2.05) is 35.6 Å². The van der Waals surface area contributed by atoms with Crippen LogP contribution < -0.4 is 11.1 Å². The summed E-state index contributed by atoms with van der Waals surface area (Å²) in [7, 11) is 0. The largest absolute Gasteiger partial charge is 0.399 e. The average molecular weight is 316 g/mol. The number of nitrogen functional groups attached to an aromatic ring is 1. The van der Waals surface area contributed by atoms with Gasteiger partial charge in [-0.05, 0) is 54.8 Å². The highest BCUT2D eigenvalue weighted by atomic mass is 32.1. The van der Waals surface area contributed by atoms with Crippen molar-refractivity contribution in [2.24, 2.45) is 0 Å². The molecule has 0 saturated heterocycles. The van der Waals surface area contributed by atoms with E-state index >= 15 is 0 Å². The maximum absolute atomic E-state index is 11.8. The molecule has 2 aromatic rings. The third kappa shape index (κ3) is 6.31. The fraction of sp³-hybridized carbons (Fsp3) is 0.389. The van der Waals surface area contributed by atoms with Crippen molar-refractivity contribution in [2.75, 3.05) is 12.3 Å². The molecule has 0 spiro atoms. The van der Waals surface area contributed by atoms with Gasteiger partial charge in [0.15, 0.2) is 0 Å². The summed E-state index contributed by atoms with van der Waals surface area (Å²) in [5.41, 5.74) is 7.62. The zero-order chi connectivity index (χ0) is 15.6. The maximum atomic E-state index is 11.8. The summed E-state index contributed by atoms with van der Waals surface area (Å²) in [4.78, 5) is 13.2. The monoisotopic (exact) mass is 316 g/mol. The molecule has 0 atom stereocenters. The number of carbonyl (C=O) groups excluding carboxylic acids is 1. The molecule has 3 nitrogen and oxygen atoms in total. The zero-order valence-electron chi connectivity index (χ0n) is 12.9. The molecule has 1 heterocycles. The highest BCUT2D eigenvalue weighted by Gasteiger charge is 2.01. The quantitative estimate of drug-likeness (QED) is 0.546. The number of anilines is 1. The fourth-order valence-electron chi connectivity index (χ4n) is 2.34. The number of nitrogens with two attached hydrogens (primary N) is 1. The lowest BCUT2D eigenvalue weighted by Gasteiger charge is -2.06. The van der Waals surface area contributed by atoms with E-state index in [0.29, 0.717) is 13.0 Å². The second-order valence-corrected chi connectivity index (χ2v) is 6.51. The Morgan fingerprint density at radius 3 is 2.59 bits per heavy atom. The first-order chi connectivity index (χ1) is 10.7. The van der Waals surface area contributed by atoms with Crippen LogP contribution in [0.1, 0.15) is 36.1 Å². The third-order valence-corrected chi connectivity index (χ3v) is 4.56. The van der Waals surface area contributed by atoms with Gasteiger partial charge >= 0.3 is 0 Å². The van der Waals surface area contributed by atoms with E-state index in [4.69, 9.17) is 5.73 Å². The molecule has 3 N–H and O–H groups in total. The summed E-state index contributed by atoms with van der Waals surface area (Å²) in [6.45, 7) is 0.692. The topological polar surface area (TPSA) is 55.1 Å². The first-order valence-corrected chi connectivity index (χ1v) is 8.75. The second kappa shape index (κ2) is 9.26. The number of unbranched alkanes of at least 4 members (excludes halogenated alkanes) is 2. The van der Waals surface area contributed by atoms with Crippen LogP contribution in [0.15, 0.2) is 41.8 Å². The molecule has 118 valence electrons. The van der Waals surface area contributed by atoms with Crippen LogP contribution in [-0.2, 0) is 17.6 Å². The Hall–Kier alpha value is -1.81. The first kappa shape index (κ1) is 16.6. The van der Waals surface area contributed by atoms with Crippen LogP contribution in [0.2, 0.25) is 0 Å². The van der Waals surface area contributed by atoms with E-state index in [1.165, 1.54) is 16.9 Å². The SMILES string of the molecule is Nc1ccc(CCNC(=O)CCCCCc2cccs2)cc1. The molecule has 0 radical (unpaired) electrons. The minimum atomic E-state index is 0.159. The highest BCUT2D eigenvalue weighted by molar-refractivity contribution is 7.09. The second-order valence-electron chi connectivity index (χ2n) is 5.48. The van der Waals surface area contributed by atoms with Gasteiger partial charge in [0.2, 0.25) is 5.91 Å². The number of aryl methyl sites for hydroxylation is 1. The van der Waals surface area contributed by atoms with Crippen LogP contribution in [0.3, 0.4) is 0 Å². The Labute approximate surface area is 136 Å². The summed E-state index contributed by atoms with van der Waals surface area (Å²) >= 11 is 1.81. The summed E-state index contributed by atoms with van der Waals surface area (Å²) in [6.07, 6.45) is 5.87. The molecule has 1 aromatic carbocycles. The molecule has 4 heteroatoms. The van der Waals surface area contributed by atoms with Crippen molar-refractivity contribution in [1.82, 2.24) is 5.32 Å². The number of carbonyl (C=O) groups is 1. The summed E-state index contributed by atoms with van der Waals surface area (Å²) in [5, 5.41) is 5.10. The van der Waals surface area contributed by atoms with Crippen molar-refractivity contribution in [3.63, 3.8) is 0 Å². The molecule has 1 amide bonds. The minimum Gasteiger partial charge on any atom is -0.399 e. The fourth-order valence-corrected chi connectivity index (χ4v) is 3.09. The number of thiophene rings is 1. The Balaban J connectivity index is 1.50. The predicted octanol–water partition coefficient (Wildman–Crippen LogP) is 3.79. The van der Waals surface area contributed by atoms with Crippen molar-refractivity contribution in [3.8, 4) is 0 Å². The van der Waals surface area contributed by atoms with Gasteiger partial charge in [-0.2, -0.15) is 0 Å². The Bertz CT molecular complexity index is 549. The molecule has 0 fully saturated rings. The summed E-state index contributed by atoms with van der Waals surface area (Å²) < 4.78 is 0. The van der Waals surface area contributed by atoms with Gasteiger partial charge in [-0.25, -0.2) is 0 Å². The summed E-state index contributed by atoms with van der Waals surface area (Å²) in [6, 6.07) is 12.1. The van der Waals surface area contributed by atoms with Crippen LogP contribution in [0.4, 0.5) is 5.69 Å². The predicted molar refractivity (Wildman–Crippen MR) is 94.1 cm³/mol. The highest BCUT2D eigenvalue weighted by Crippen LogP contribution is 2.13.